The van der Waals surface area contributed by atoms with Gasteiger partial charge in [-0.15, -0.1) is 0 Å². The highest BCUT2D eigenvalue weighted by molar-refractivity contribution is 6.01. The second-order valence-electron chi connectivity index (χ2n) is 7.51. The van der Waals surface area contributed by atoms with E-state index in [2.05, 4.69) is 22.2 Å². The molecule has 6 heteroatoms. The summed E-state index contributed by atoms with van der Waals surface area (Å²) in [5.74, 6) is 0.281. The topological polar surface area (TPSA) is 61.9 Å². The predicted octanol–water partition coefficient (Wildman–Crippen LogP) is 3.36. The van der Waals surface area contributed by atoms with Gasteiger partial charge >= 0.3 is 0 Å². The molecule has 1 amide bonds. The van der Waals surface area contributed by atoms with Crippen molar-refractivity contribution in [1.82, 2.24) is 4.90 Å². The van der Waals surface area contributed by atoms with E-state index >= 15 is 0 Å². The van der Waals surface area contributed by atoms with Crippen LogP contribution >= 0.6 is 0 Å². The highest BCUT2D eigenvalue weighted by Crippen LogP contribution is 2.22. The maximum Gasteiger partial charge on any atom is 0.224 e. The summed E-state index contributed by atoms with van der Waals surface area (Å²) in [5, 5.41) is 2.88. The van der Waals surface area contributed by atoms with Crippen LogP contribution in [0.3, 0.4) is 0 Å². The SMILES string of the molecule is COc1ccc(C)cc1C(=O)CCC(=O)Nc1ccc(N2CCN(C)CC2)cc1. The fourth-order valence-corrected chi connectivity index (χ4v) is 3.45. The average molecular weight is 396 g/mol. The van der Waals surface area contributed by atoms with E-state index in [9.17, 15) is 9.59 Å². The average Bonchev–Trinajstić information content (AvgIpc) is 2.73. The Morgan fingerprint density at radius 1 is 1.00 bits per heavy atom. The Kier molecular flexibility index (Phi) is 6.88. The summed E-state index contributed by atoms with van der Waals surface area (Å²) in [6.07, 6.45) is 0.279. The van der Waals surface area contributed by atoms with E-state index in [-0.39, 0.29) is 24.5 Å². The van der Waals surface area contributed by atoms with E-state index in [0.29, 0.717) is 11.3 Å². The summed E-state index contributed by atoms with van der Waals surface area (Å²) in [7, 11) is 3.68. The van der Waals surface area contributed by atoms with Gasteiger partial charge in [-0.2, -0.15) is 0 Å². The Morgan fingerprint density at radius 3 is 2.34 bits per heavy atom. The molecule has 0 radical (unpaired) electrons. The molecule has 1 N–H and O–H groups in total. The molecule has 0 aliphatic carbocycles. The molecule has 0 atom stereocenters. The number of nitrogens with one attached hydrogen (secondary N) is 1. The van der Waals surface area contributed by atoms with Gasteiger partial charge in [-0.1, -0.05) is 11.6 Å². The molecule has 1 heterocycles. The minimum absolute atomic E-state index is 0.0916. The van der Waals surface area contributed by atoms with E-state index in [1.807, 2.05) is 37.3 Å². The van der Waals surface area contributed by atoms with Crippen LogP contribution < -0.4 is 15.0 Å². The lowest BCUT2D eigenvalue weighted by Crippen LogP contribution is -2.44. The smallest absolute Gasteiger partial charge is 0.224 e. The number of aryl methyl sites for hydroxylation is 1. The number of rotatable bonds is 7. The fourth-order valence-electron chi connectivity index (χ4n) is 3.45. The predicted molar refractivity (Wildman–Crippen MR) is 116 cm³/mol. The van der Waals surface area contributed by atoms with Gasteiger partial charge in [0.25, 0.3) is 0 Å². The van der Waals surface area contributed by atoms with Crippen LogP contribution in [0.4, 0.5) is 11.4 Å². The van der Waals surface area contributed by atoms with Crippen LogP contribution in [0.25, 0.3) is 0 Å². The lowest BCUT2D eigenvalue weighted by atomic mass is 10.0. The van der Waals surface area contributed by atoms with Crippen LogP contribution in [-0.2, 0) is 4.79 Å². The van der Waals surface area contributed by atoms with Crippen molar-refractivity contribution in [2.45, 2.75) is 19.8 Å². The van der Waals surface area contributed by atoms with Crippen molar-refractivity contribution in [3.63, 3.8) is 0 Å². The number of hydrogen-bond acceptors (Lipinski definition) is 5. The number of amides is 1. The maximum atomic E-state index is 12.5. The number of carbonyl (C=O) groups is 2. The third-order valence-corrected chi connectivity index (χ3v) is 5.25. The zero-order valence-electron chi connectivity index (χ0n) is 17.4. The van der Waals surface area contributed by atoms with Gasteiger partial charge in [0.1, 0.15) is 5.75 Å². The zero-order chi connectivity index (χ0) is 20.8. The Morgan fingerprint density at radius 2 is 1.69 bits per heavy atom. The molecule has 2 aromatic carbocycles. The molecular weight excluding hydrogens is 366 g/mol. The molecule has 154 valence electrons. The largest absolute Gasteiger partial charge is 0.496 e. The Balaban J connectivity index is 1.52. The second kappa shape index (κ2) is 9.56. The van der Waals surface area contributed by atoms with Crippen LogP contribution in [0.1, 0.15) is 28.8 Å². The number of carbonyl (C=O) groups excluding carboxylic acids is 2. The van der Waals surface area contributed by atoms with Gasteiger partial charge in [0.2, 0.25) is 5.91 Å². The summed E-state index contributed by atoms with van der Waals surface area (Å²) >= 11 is 0. The van der Waals surface area contributed by atoms with Crippen LogP contribution in [-0.4, -0.2) is 56.9 Å². The normalized spacial score (nSPS) is 14.5. The van der Waals surface area contributed by atoms with E-state index in [4.69, 9.17) is 4.74 Å². The van der Waals surface area contributed by atoms with Crippen molar-refractivity contribution in [2.24, 2.45) is 0 Å². The highest BCUT2D eigenvalue weighted by atomic mass is 16.5. The highest BCUT2D eigenvalue weighted by Gasteiger charge is 2.16. The number of anilines is 2. The van der Waals surface area contributed by atoms with Crippen molar-refractivity contribution >= 4 is 23.1 Å². The van der Waals surface area contributed by atoms with Gasteiger partial charge in [0.05, 0.1) is 12.7 Å². The van der Waals surface area contributed by atoms with E-state index in [1.54, 1.807) is 19.2 Å². The molecule has 3 rings (SSSR count). The molecule has 0 aromatic heterocycles. The van der Waals surface area contributed by atoms with Crippen LogP contribution in [0.2, 0.25) is 0 Å². The van der Waals surface area contributed by atoms with Gasteiger partial charge in [0, 0.05) is 50.4 Å². The molecule has 2 aromatic rings. The number of nitrogens with zero attached hydrogens (tertiary/aromatic N) is 2. The van der Waals surface area contributed by atoms with Crippen molar-refractivity contribution in [2.75, 3.05) is 50.6 Å². The second-order valence-corrected chi connectivity index (χ2v) is 7.51. The molecule has 1 saturated heterocycles. The number of ketones is 1. The first-order valence-electron chi connectivity index (χ1n) is 9.97. The third-order valence-electron chi connectivity index (χ3n) is 5.25. The molecule has 29 heavy (non-hydrogen) atoms. The summed E-state index contributed by atoms with van der Waals surface area (Å²) in [6.45, 7) is 6.05. The number of Topliss-reactive ketones (excluding diaryl/α,β-unsaturated/α-hetero) is 1. The summed E-state index contributed by atoms with van der Waals surface area (Å²) in [6, 6.07) is 13.4. The van der Waals surface area contributed by atoms with Gasteiger partial charge < -0.3 is 19.9 Å². The Hall–Kier alpha value is -2.86. The molecule has 0 spiro atoms. The van der Waals surface area contributed by atoms with Crippen LogP contribution in [0, 0.1) is 6.92 Å². The Labute approximate surface area is 172 Å². The maximum absolute atomic E-state index is 12.5. The summed E-state index contributed by atoms with van der Waals surface area (Å²) in [5.41, 5.74) is 3.42. The van der Waals surface area contributed by atoms with Gasteiger partial charge in [0.15, 0.2) is 5.78 Å². The number of methoxy groups -OCH3 is 1. The van der Waals surface area contributed by atoms with Crippen LogP contribution in [0.5, 0.6) is 5.75 Å². The summed E-state index contributed by atoms with van der Waals surface area (Å²) < 4.78 is 5.26. The van der Waals surface area contributed by atoms with E-state index < -0.39 is 0 Å². The quantitative estimate of drug-likeness (QED) is 0.729. The third kappa shape index (κ3) is 5.57. The molecule has 6 nitrogen and oxygen atoms in total. The minimum atomic E-state index is -0.169. The standard InChI is InChI=1S/C23H29N3O3/c1-17-4-10-22(29-3)20(16-17)21(27)9-11-23(28)24-18-5-7-19(8-6-18)26-14-12-25(2)13-15-26/h4-8,10,16H,9,11-15H2,1-3H3,(H,24,28). The first-order valence-corrected chi connectivity index (χ1v) is 9.97. The number of piperazine rings is 1. The van der Waals surface area contributed by atoms with Crippen molar-refractivity contribution in [3.05, 3.63) is 53.6 Å². The van der Waals surface area contributed by atoms with Gasteiger partial charge in [-0.25, -0.2) is 0 Å². The molecule has 1 aliphatic rings. The van der Waals surface area contributed by atoms with Gasteiger partial charge in [-0.3, -0.25) is 9.59 Å². The van der Waals surface area contributed by atoms with Crippen LogP contribution in [0.15, 0.2) is 42.5 Å². The Bertz CT molecular complexity index is 856. The number of likely N-dealkylation sites (N-methyl/N-ethyl adjacent to an activating group) is 1. The number of benzene rings is 2. The lowest BCUT2D eigenvalue weighted by molar-refractivity contribution is -0.116. The van der Waals surface area contributed by atoms with E-state index in [0.717, 1.165) is 43.1 Å². The minimum Gasteiger partial charge on any atom is -0.496 e. The lowest BCUT2D eigenvalue weighted by Gasteiger charge is -2.34. The number of hydrogen-bond donors (Lipinski definition) is 1. The van der Waals surface area contributed by atoms with E-state index in [1.165, 1.54) is 0 Å². The molecule has 1 fully saturated rings. The molecule has 1 aliphatic heterocycles. The number of ether oxygens (including phenoxy) is 1. The first kappa shape index (κ1) is 20.9. The summed E-state index contributed by atoms with van der Waals surface area (Å²) in [4.78, 5) is 29.5. The van der Waals surface area contributed by atoms with Gasteiger partial charge in [-0.05, 0) is 50.4 Å². The van der Waals surface area contributed by atoms with Crippen molar-refractivity contribution in [1.29, 1.82) is 0 Å². The zero-order valence-corrected chi connectivity index (χ0v) is 17.4. The first-order chi connectivity index (χ1) is 14.0. The molecule has 0 unspecified atom stereocenters. The fraction of sp³-hybridized carbons (Fsp3) is 0.391. The molecule has 0 saturated carbocycles. The monoisotopic (exact) mass is 395 g/mol. The van der Waals surface area contributed by atoms with Crippen molar-refractivity contribution < 1.29 is 14.3 Å². The molecular formula is C23H29N3O3. The molecule has 0 bridgehead atoms. The van der Waals surface area contributed by atoms with Crippen molar-refractivity contribution in [3.8, 4) is 5.75 Å².